The van der Waals surface area contributed by atoms with Gasteiger partial charge in [0.2, 0.25) is 4.93 Å². The molecule has 2 rings (SSSR count). The zero-order valence-corrected chi connectivity index (χ0v) is 16.0. The van der Waals surface area contributed by atoms with E-state index in [0.29, 0.717) is 0 Å². The van der Waals surface area contributed by atoms with Crippen LogP contribution < -0.4 is 10.4 Å². The molecular formula is C13H16O11S3. The fraction of sp³-hybridized carbons (Fsp3) is 0.385. The fourth-order valence-electron chi connectivity index (χ4n) is 2.52. The molecule has 14 heteroatoms. The van der Waals surface area contributed by atoms with Crippen LogP contribution in [0.4, 0.5) is 0 Å². The molecule has 0 saturated heterocycles. The van der Waals surface area contributed by atoms with E-state index in [4.69, 9.17) is 13.8 Å². The van der Waals surface area contributed by atoms with Crippen molar-refractivity contribution in [2.45, 2.75) is 22.7 Å². The number of rotatable bonds is 7. The van der Waals surface area contributed by atoms with Crippen LogP contribution in [-0.4, -0.2) is 61.3 Å². The third-order valence-electron chi connectivity index (χ3n) is 3.75. The predicted octanol–water partition coefficient (Wildman–Crippen LogP) is -1.34. The molecule has 0 amide bonds. The maximum absolute atomic E-state index is 11.9. The first kappa shape index (κ1) is 21.7. The van der Waals surface area contributed by atoms with Gasteiger partial charge in [0.1, 0.15) is 5.76 Å². The highest BCUT2D eigenvalue weighted by molar-refractivity contribution is 7.87. The van der Waals surface area contributed by atoms with Crippen molar-refractivity contribution in [3.63, 3.8) is 0 Å². The van der Waals surface area contributed by atoms with Crippen molar-refractivity contribution < 1.29 is 48.8 Å². The molecule has 0 radical (unpaired) electrons. The molecule has 0 aliphatic heterocycles. The van der Waals surface area contributed by atoms with E-state index < -0.39 is 64.7 Å². The third kappa shape index (κ3) is 5.04. The van der Waals surface area contributed by atoms with Crippen LogP contribution in [0.2, 0.25) is 0 Å². The molecule has 27 heavy (non-hydrogen) atoms. The highest BCUT2D eigenvalue weighted by atomic mass is 32.2. The molecule has 1 atom stereocenters. The summed E-state index contributed by atoms with van der Waals surface area (Å²) in [6.45, 7) is -0.531. The van der Waals surface area contributed by atoms with Gasteiger partial charge < -0.3 is 9.84 Å². The number of aliphatic hydroxyl groups excluding tert-OH is 1. The third-order valence-corrected chi connectivity index (χ3v) is 6.66. The standard InChI is InChI=1S/C13H16O11S3/c14-12-8-13(27(21,22)23,24-4-1-5-25(15,16)17)7-9-6-10(26(18,19)20)2-3-11(9)12/h2-3,6-7,14H,1,4-5,8H2,(H,15,16,17)(H,18,19,20)(H,21,22,23). The smallest absolute Gasteiger partial charge is 0.299 e. The first-order valence-corrected chi connectivity index (χ1v) is 11.7. The Morgan fingerprint density at radius 1 is 1.04 bits per heavy atom. The number of benzene rings is 1. The molecule has 1 aliphatic rings. The zero-order chi connectivity index (χ0) is 20.7. The van der Waals surface area contributed by atoms with Crippen molar-refractivity contribution in [1.82, 2.24) is 0 Å². The average molecular weight is 444 g/mol. The first-order valence-electron chi connectivity index (χ1n) is 7.23. The van der Waals surface area contributed by atoms with Gasteiger partial charge in [-0.05, 0) is 35.9 Å². The van der Waals surface area contributed by atoms with Crippen LogP contribution in [-0.2, 0) is 35.1 Å². The van der Waals surface area contributed by atoms with Crippen molar-refractivity contribution in [2.24, 2.45) is 0 Å². The van der Waals surface area contributed by atoms with E-state index >= 15 is 0 Å². The molecule has 1 aromatic rings. The summed E-state index contributed by atoms with van der Waals surface area (Å²) in [6.07, 6.45) is -0.196. The topological polar surface area (TPSA) is 193 Å². The largest absolute Gasteiger partial charge is 0.512 e. The zero-order valence-electron chi connectivity index (χ0n) is 13.5. The lowest BCUT2D eigenvalue weighted by Gasteiger charge is -2.29. The van der Waals surface area contributed by atoms with Gasteiger partial charge in [0.25, 0.3) is 30.4 Å². The Morgan fingerprint density at radius 2 is 1.67 bits per heavy atom. The Morgan fingerprint density at radius 3 is 2.19 bits per heavy atom. The maximum Gasteiger partial charge on any atom is 0.299 e. The summed E-state index contributed by atoms with van der Waals surface area (Å²) in [5.41, 5.74) is 0. The highest BCUT2D eigenvalue weighted by Gasteiger charge is 2.45. The molecule has 4 N–H and O–H groups in total. The molecule has 0 saturated carbocycles. The van der Waals surface area contributed by atoms with Crippen LogP contribution in [0.15, 0.2) is 23.1 Å². The van der Waals surface area contributed by atoms with E-state index in [1.54, 1.807) is 0 Å². The number of hydrogen-bond acceptors (Lipinski definition) is 8. The summed E-state index contributed by atoms with van der Waals surface area (Å²) in [5.74, 6) is -1.27. The van der Waals surface area contributed by atoms with E-state index in [2.05, 4.69) is 0 Å². The molecule has 0 fully saturated rings. The van der Waals surface area contributed by atoms with Crippen LogP contribution in [0, 0.1) is 0 Å². The molecule has 0 heterocycles. The van der Waals surface area contributed by atoms with Crippen LogP contribution in [0.3, 0.4) is 0 Å². The van der Waals surface area contributed by atoms with Gasteiger partial charge in [-0.2, -0.15) is 25.3 Å². The molecule has 1 aliphatic carbocycles. The summed E-state index contributed by atoms with van der Waals surface area (Å²) >= 11 is 0. The van der Waals surface area contributed by atoms with Crippen molar-refractivity contribution in [3.05, 3.63) is 28.6 Å². The summed E-state index contributed by atoms with van der Waals surface area (Å²) in [7, 11) is -13.9. The van der Waals surface area contributed by atoms with Crippen LogP contribution in [0.25, 0.3) is 11.8 Å². The van der Waals surface area contributed by atoms with Gasteiger partial charge >= 0.3 is 0 Å². The van der Waals surface area contributed by atoms with E-state index in [-0.39, 0.29) is 16.9 Å². The lowest BCUT2D eigenvalue weighted by atomic mass is 10.0. The van der Waals surface area contributed by atoms with Crippen LogP contribution in [0.5, 0.6) is 0 Å². The molecule has 0 bridgehead atoms. The van der Waals surface area contributed by atoms with Gasteiger partial charge in [-0.15, -0.1) is 0 Å². The fourth-order valence-corrected chi connectivity index (χ4v) is 4.34. The minimum Gasteiger partial charge on any atom is -0.512 e. The van der Waals surface area contributed by atoms with Gasteiger partial charge in [0, 0.05) is 5.22 Å². The Bertz CT molecular complexity index is 1180. The van der Waals surface area contributed by atoms with Crippen molar-refractivity contribution in [3.8, 4) is 0 Å². The molecule has 152 valence electrons. The Kier molecular flexibility index (Phi) is 5.74. The second kappa shape index (κ2) is 7.12. The van der Waals surface area contributed by atoms with Crippen molar-refractivity contribution >= 4 is 42.2 Å². The minimum atomic E-state index is -5.01. The van der Waals surface area contributed by atoms with Crippen LogP contribution in [0.1, 0.15) is 12.8 Å². The Hall–Kier alpha value is -1.55. The maximum atomic E-state index is 11.9. The number of hydrogen-bond donors (Lipinski definition) is 4. The number of fused-ring (bicyclic) bond motifs is 1. The summed E-state index contributed by atoms with van der Waals surface area (Å²) in [5, 5.41) is 10.0. The van der Waals surface area contributed by atoms with Crippen molar-refractivity contribution in [2.75, 3.05) is 12.4 Å². The molecule has 1 unspecified atom stereocenters. The molecular weight excluding hydrogens is 428 g/mol. The van der Waals surface area contributed by atoms with E-state index in [0.717, 1.165) is 24.3 Å². The van der Waals surface area contributed by atoms with Gasteiger partial charge in [-0.3, -0.25) is 13.7 Å². The number of ether oxygens (including phenoxy) is 1. The second-order valence-corrected chi connectivity index (χ2v) is 10.4. The van der Waals surface area contributed by atoms with Crippen molar-refractivity contribution in [1.29, 1.82) is 0 Å². The van der Waals surface area contributed by atoms with Gasteiger partial charge in [-0.25, -0.2) is 0 Å². The lowest BCUT2D eigenvalue weighted by Crippen LogP contribution is -2.47. The van der Waals surface area contributed by atoms with E-state index in [1.807, 2.05) is 0 Å². The SMILES string of the molecule is O=S(=O)(O)CCCOC1(S(=O)(=O)O)C=c2cc(S(=O)(=O)O)ccc2=C(O)C1. The van der Waals surface area contributed by atoms with Gasteiger partial charge in [0.05, 0.1) is 23.7 Å². The quantitative estimate of drug-likeness (QED) is 0.287. The average Bonchev–Trinajstić information content (AvgIpc) is 2.48. The molecule has 11 nitrogen and oxygen atoms in total. The normalized spacial score (nSPS) is 20.8. The monoisotopic (exact) mass is 444 g/mol. The van der Waals surface area contributed by atoms with Gasteiger partial charge in [0.15, 0.2) is 0 Å². The van der Waals surface area contributed by atoms with E-state index in [9.17, 15) is 34.9 Å². The Balaban J connectivity index is 2.54. The molecule has 0 spiro atoms. The molecule has 1 aromatic carbocycles. The Labute approximate surface area is 154 Å². The second-order valence-electron chi connectivity index (χ2n) is 5.77. The predicted molar refractivity (Wildman–Crippen MR) is 91.9 cm³/mol. The minimum absolute atomic E-state index is 0.0585. The highest BCUT2D eigenvalue weighted by Crippen LogP contribution is 2.30. The summed E-state index contributed by atoms with van der Waals surface area (Å²) in [6, 6.07) is 3.00. The number of aliphatic hydroxyl groups is 1. The summed E-state index contributed by atoms with van der Waals surface area (Å²) in [4.78, 5) is -3.09. The first-order chi connectivity index (χ1) is 12.1. The summed E-state index contributed by atoms with van der Waals surface area (Å²) < 4.78 is 100. The molecule has 0 aromatic heterocycles. The van der Waals surface area contributed by atoms with Gasteiger partial charge in [-0.1, -0.05) is 0 Å². The van der Waals surface area contributed by atoms with Crippen LogP contribution >= 0.6 is 0 Å². The lowest BCUT2D eigenvalue weighted by molar-refractivity contribution is 0.0552. The van der Waals surface area contributed by atoms with E-state index in [1.165, 1.54) is 0 Å².